The van der Waals surface area contributed by atoms with Crippen molar-refractivity contribution < 1.29 is 4.79 Å². The maximum Gasteiger partial charge on any atom is 0.243 e. The number of amides is 1. The number of fused-ring (bicyclic) bond motifs is 1. The molecule has 1 N–H and O–H groups in total. The Hall–Kier alpha value is -2.94. The Morgan fingerprint density at radius 3 is 2.65 bits per heavy atom. The molecule has 0 bridgehead atoms. The Kier molecular flexibility index (Phi) is 5.47. The summed E-state index contributed by atoms with van der Waals surface area (Å²) in [4.78, 5) is 24.1. The van der Waals surface area contributed by atoms with Gasteiger partial charge in [0.05, 0.1) is 17.1 Å². The second-order valence-electron chi connectivity index (χ2n) is 6.69. The predicted octanol–water partition coefficient (Wildman–Crippen LogP) is 2.78. The van der Waals surface area contributed by atoms with Gasteiger partial charge in [-0.05, 0) is 30.9 Å². The van der Waals surface area contributed by atoms with Gasteiger partial charge in [-0.25, -0.2) is 9.97 Å². The number of carbonyl (C=O) groups excluding carboxylic acids is 1. The fourth-order valence-electron chi connectivity index (χ4n) is 3.17. The number of nitrogens with one attached hydrogen (secondary N) is 1. The molecule has 1 saturated heterocycles. The maximum atomic E-state index is 12.5. The van der Waals surface area contributed by atoms with E-state index in [-0.39, 0.29) is 5.91 Å². The van der Waals surface area contributed by atoms with Gasteiger partial charge in [-0.1, -0.05) is 25.1 Å². The molecule has 26 heavy (non-hydrogen) atoms. The monoisotopic (exact) mass is 349 g/mol. The maximum absolute atomic E-state index is 12.5. The van der Waals surface area contributed by atoms with Gasteiger partial charge < -0.3 is 10.2 Å². The minimum Gasteiger partial charge on any atom is -0.355 e. The van der Waals surface area contributed by atoms with Gasteiger partial charge in [0.15, 0.2) is 11.7 Å². The molecule has 1 aliphatic heterocycles. The Morgan fingerprint density at radius 1 is 1.38 bits per heavy atom. The Bertz CT molecular complexity index is 849. The van der Waals surface area contributed by atoms with E-state index in [2.05, 4.69) is 34.8 Å². The topological polar surface area (TPSA) is 81.9 Å². The third kappa shape index (κ3) is 3.67. The molecule has 1 aromatic heterocycles. The Morgan fingerprint density at radius 2 is 2.04 bits per heavy atom. The first-order chi connectivity index (χ1) is 12.6. The smallest absolute Gasteiger partial charge is 0.243 e. The third-order valence-electron chi connectivity index (χ3n) is 4.75. The van der Waals surface area contributed by atoms with Crippen LogP contribution in [0, 0.1) is 17.2 Å². The standard InChI is InChI=1S/C20H23N5O/c1-3-10-22-20(26)15(13-21)18-19(25-11-8-14(2)9-12-25)24-17-7-5-4-6-16(17)23-18/h3-7,14-15H,1,8-12H2,2H3,(H,22,26)/t15-/m1/s1. The summed E-state index contributed by atoms with van der Waals surface area (Å²) in [5, 5.41) is 12.4. The highest BCUT2D eigenvalue weighted by molar-refractivity contribution is 5.89. The molecule has 2 aromatic rings. The second kappa shape index (κ2) is 7.96. The summed E-state index contributed by atoms with van der Waals surface area (Å²) in [6.07, 6.45) is 3.72. The first kappa shape index (κ1) is 17.9. The summed E-state index contributed by atoms with van der Waals surface area (Å²) in [6.45, 7) is 7.86. The number of benzene rings is 1. The van der Waals surface area contributed by atoms with Gasteiger partial charge in [-0.3, -0.25) is 4.79 Å². The van der Waals surface area contributed by atoms with Crippen LogP contribution in [0.5, 0.6) is 0 Å². The molecule has 134 valence electrons. The predicted molar refractivity (Wildman–Crippen MR) is 102 cm³/mol. The number of anilines is 1. The van der Waals surface area contributed by atoms with Gasteiger partial charge in [0.2, 0.25) is 5.91 Å². The van der Waals surface area contributed by atoms with Crippen LogP contribution in [0.2, 0.25) is 0 Å². The largest absolute Gasteiger partial charge is 0.355 e. The van der Waals surface area contributed by atoms with Gasteiger partial charge in [0.1, 0.15) is 5.69 Å². The lowest BCUT2D eigenvalue weighted by Gasteiger charge is -2.32. The number of piperidine rings is 1. The SMILES string of the molecule is C=CCNC(=O)[C@H](C#N)c1nc2ccccc2nc1N1CCC(C)CC1. The lowest BCUT2D eigenvalue weighted by atomic mass is 9.98. The number of aromatic nitrogens is 2. The zero-order valence-corrected chi connectivity index (χ0v) is 15.0. The van der Waals surface area contributed by atoms with Crippen LogP contribution in [0.4, 0.5) is 5.82 Å². The fourth-order valence-corrected chi connectivity index (χ4v) is 3.17. The van der Waals surface area contributed by atoms with Crippen LogP contribution < -0.4 is 10.2 Å². The molecule has 0 spiro atoms. The van der Waals surface area contributed by atoms with E-state index in [1.165, 1.54) is 0 Å². The van der Waals surface area contributed by atoms with E-state index >= 15 is 0 Å². The molecule has 6 heteroatoms. The quantitative estimate of drug-likeness (QED) is 0.840. The van der Waals surface area contributed by atoms with Crippen molar-refractivity contribution in [3.63, 3.8) is 0 Å². The number of nitrogens with zero attached hydrogens (tertiary/aromatic N) is 4. The fraction of sp³-hybridized carbons (Fsp3) is 0.400. The third-order valence-corrected chi connectivity index (χ3v) is 4.75. The van der Waals surface area contributed by atoms with Crippen molar-refractivity contribution in [2.45, 2.75) is 25.7 Å². The van der Waals surface area contributed by atoms with Crippen molar-refractivity contribution in [1.82, 2.24) is 15.3 Å². The molecule has 1 atom stereocenters. The molecule has 1 amide bonds. The average Bonchev–Trinajstić information content (AvgIpc) is 2.67. The van der Waals surface area contributed by atoms with Crippen LogP contribution in [-0.4, -0.2) is 35.5 Å². The molecule has 0 aliphatic carbocycles. The van der Waals surface area contributed by atoms with E-state index in [1.807, 2.05) is 24.3 Å². The first-order valence-electron chi connectivity index (χ1n) is 8.94. The van der Waals surface area contributed by atoms with Gasteiger partial charge in [0, 0.05) is 19.6 Å². The summed E-state index contributed by atoms with van der Waals surface area (Å²) in [7, 11) is 0. The van der Waals surface area contributed by atoms with Gasteiger partial charge >= 0.3 is 0 Å². The summed E-state index contributed by atoms with van der Waals surface area (Å²) in [5.74, 6) is -0.0494. The number of para-hydroxylation sites is 2. The molecule has 3 rings (SSSR count). The minimum atomic E-state index is -0.999. The van der Waals surface area contributed by atoms with E-state index < -0.39 is 5.92 Å². The van der Waals surface area contributed by atoms with Crippen molar-refractivity contribution in [3.8, 4) is 6.07 Å². The van der Waals surface area contributed by atoms with E-state index in [1.54, 1.807) is 6.08 Å². The highest BCUT2D eigenvalue weighted by atomic mass is 16.1. The molecular formula is C20H23N5O. The van der Waals surface area contributed by atoms with Crippen molar-refractivity contribution in [3.05, 3.63) is 42.6 Å². The van der Waals surface area contributed by atoms with Crippen molar-refractivity contribution in [1.29, 1.82) is 5.26 Å². The number of rotatable bonds is 5. The molecule has 1 aromatic carbocycles. The normalized spacial score (nSPS) is 16.1. The first-order valence-corrected chi connectivity index (χ1v) is 8.94. The lowest BCUT2D eigenvalue weighted by Crippen LogP contribution is -2.36. The van der Waals surface area contributed by atoms with E-state index in [9.17, 15) is 10.1 Å². The van der Waals surface area contributed by atoms with E-state index in [0.717, 1.165) is 31.4 Å². The number of hydrogen-bond donors (Lipinski definition) is 1. The summed E-state index contributed by atoms with van der Waals surface area (Å²) < 4.78 is 0. The van der Waals surface area contributed by atoms with Crippen LogP contribution in [0.25, 0.3) is 11.0 Å². The summed E-state index contributed by atoms with van der Waals surface area (Å²) >= 11 is 0. The Balaban J connectivity index is 2.06. The molecule has 1 aliphatic rings. The van der Waals surface area contributed by atoms with Crippen LogP contribution in [0.1, 0.15) is 31.4 Å². The van der Waals surface area contributed by atoms with E-state index in [4.69, 9.17) is 4.98 Å². The Labute approximate surface area is 153 Å². The lowest BCUT2D eigenvalue weighted by molar-refractivity contribution is -0.121. The molecule has 6 nitrogen and oxygen atoms in total. The van der Waals surface area contributed by atoms with Crippen molar-refractivity contribution in [2.24, 2.45) is 5.92 Å². The van der Waals surface area contributed by atoms with Crippen molar-refractivity contribution >= 4 is 22.8 Å². The van der Waals surface area contributed by atoms with Crippen LogP contribution in [0.3, 0.4) is 0 Å². The van der Waals surface area contributed by atoms with Crippen LogP contribution in [0.15, 0.2) is 36.9 Å². The summed E-state index contributed by atoms with van der Waals surface area (Å²) in [5.41, 5.74) is 1.89. The van der Waals surface area contributed by atoms with Gasteiger partial charge in [0.25, 0.3) is 0 Å². The molecule has 0 saturated carbocycles. The number of nitriles is 1. The molecule has 1 fully saturated rings. The van der Waals surface area contributed by atoms with E-state index in [0.29, 0.717) is 29.5 Å². The van der Waals surface area contributed by atoms with Crippen LogP contribution >= 0.6 is 0 Å². The molecule has 2 heterocycles. The highest BCUT2D eigenvalue weighted by Gasteiger charge is 2.29. The zero-order chi connectivity index (χ0) is 18.5. The van der Waals surface area contributed by atoms with Crippen molar-refractivity contribution in [2.75, 3.05) is 24.5 Å². The minimum absolute atomic E-state index is 0.314. The van der Waals surface area contributed by atoms with Gasteiger partial charge in [-0.2, -0.15) is 5.26 Å². The molecule has 0 radical (unpaired) electrons. The second-order valence-corrected chi connectivity index (χ2v) is 6.69. The van der Waals surface area contributed by atoms with Gasteiger partial charge in [-0.15, -0.1) is 6.58 Å². The number of carbonyl (C=O) groups is 1. The summed E-state index contributed by atoms with van der Waals surface area (Å²) in [6, 6.07) is 9.65. The average molecular weight is 349 g/mol. The van der Waals surface area contributed by atoms with Crippen LogP contribution in [-0.2, 0) is 4.79 Å². The highest BCUT2D eigenvalue weighted by Crippen LogP contribution is 2.30. The zero-order valence-electron chi connectivity index (χ0n) is 15.0. The number of hydrogen-bond acceptors (Lipinski definition) is 5. The molecular weight excluding hydrogens is 326 g/mol. The molecule has 0 unspecified atom stereocenters.